The van der Waals surface area contributed by atoms with Crippen LogP contribution in [0, 0.1) is 0 Å². The smallest absolute Gasteiger partial charge is 0.250 e. The topological polar surface area (TPSA) is 85.3 Å². The summed E-state index contributed by atoms with van der Waals surface area (Å²) in [5.74, 6) is 1.53. The molecule has 0 radical (unpaired) electrons. The standard InChI is InChI=1S/C23H24ClN5O2S/c24-18-12-10-17(11-13-18)22-27-28-23(29(22)19-6-2-1-3-7-19)32-16-21(30)26-25-14-4-8-20-9-5-15-31-20/h4-5,8-15,19H,1-3,6-7,16H2,(H,26,30)/b8-4+,25-14+. The largest absolute Gasteiger partial charge is 0.465 e. The van der Waals surface area contributed by atoms with Gasteiger partial charge in [-0.15, -0.1) is 10.2 Å². The Morgan fingerprint density at radius 3 is 2.78 bits per heavy atom. The van der Waals surface area contributed by atoms with E-state index in [1.54, 1.807) is 24.5 Å². The van der Waals surface area contributed by atoms with Crippen LogP contribution >= 0.6 is 23.4 Å². The number of aromatic nitrogens is 3. The number of thioether (sulfide) groups is 1. The van der Waals surface area contributed by atoms with Gasteiger partial charge in [0, 0.05) is 22.8 Å². The number of furan rings is 1. The first kappa shape index (κ1) is 22.4. The second-order valence-corrected chi connectivity index (χ2v) is 8.83. The fourth-order valence-electron chi connectivity index (χ4n) is 3.68. The minimum absolute atomic E-state index is 0.199. The van der Waals surface area contributed by atoms with Gasteiger partial charge in [0.1, 0.15) is 5.76 Å². The van der Waals surface area contributed by atoms with Crippen molar-refractivity contribution in [1.82, 2.24) is 20.2 Å². The van der Waals surface area contributed by atoms with Gasteiger partial charge >= 0.3 is 0 Å². The van der Waals surface area contributed by atoms with Gasteiger partial charge in [-0.25, -0.2) is 5.43 Å². The minimum atomic E-state index is -0.205. The van der Waals surface area contributed by atoms with Crippen LogP contribution in [0.5, 0.6) is 0 Å². The van der Waals surface area contributed by atoms with E-state index < -0.39 is 0 Å². The van der Waals surface area contributed by atoms with E-state index in [-0.39, 0.29) is 11.7 Å². The average Bonchev–Trinajstić information content (AvgIpc) is 3.48. The predicted molar refractivity (Wildman–Crippen MR) is 128 cm³/mol. The van der Waals surface area contributed by atoms with Gasteiger partial charge in [-0.2, -0.15) is 5.10 Å². The van der Waals surface area contributed by atoms with Crippen LogP contribution in [0.2, 0.25) is 5.02 Å². The second kappa shape index (κ2) is 11.2. The molecule has 0 saturated heterocycles. The van der Waals surface area contributed by atoms with Crippen molar-refractivity contribution in [3.8, 4) is 11.4 Å². The maximum absolute atomic E-state index is 12.2. The Hall–Kier alpha value is -2.84. The van der Waals surface area contributed by atoms with E-state index in [9.17, 15) is 4.79 Å². The van der Waals surface area contributed by atoms with Crippen LogP contribution < -0.4 is 5.43 Å². The van der Waals surface area contributed by atoms with Crippen LogP contribution in [0.25, 0.3) is 17.5 Å². The van der Waals surface area contributed by atoms with Gasteiger partial charge in [0.25, 0.3) is 5.91 Å². The Morgan fingerprint density at radius 1 is 1.22 bits per heavy atom. The zero-order valence-electron chi connectivity index (χ0n) is 17.5. The quantitative estimate of drug-likeness (QED) is 0.263. The Labute approximate surface area is 195 Å². The number of rotatable bonds is 8. The molecule has 1 fully saturated rings. The van der Waals surface area contributed by atoms with E-state index >= 15 is 0 Å². The fraction of sp³-hybridized carbons (Fsp3) is 0.304. The average molecular weight is 470 g/mol. The van der Waals surface area contributed by atoms with Gasteiger partial charge in [-0.05, 0) is 61.4 Å². The van der Waals surface area contributed by atoms with Crippen LogP contribution in [-0.4, -0.2) is 32.6 Å². The van der Waals surface area contributed by atoms with Crippen molar-refractivity contribution >= 4 is 41.6 Å². The summed E-state index contributed by atoms with van der Waals surface area (Å²) in [6.45, 7) is 0. The molecule has 1 aliphatic rings. The molecule has 1 aromatic carbocycles. The number of hydrogen-bond donors (Lipinski definition) is 1. The highest BCUT2D eigenvalue weighted by molar-refractivity contribution is 7.99. The van der Waals surface area contributed by atoms with Crippen molar-refractivity contribution in [3.63, 3.8) is 0 Å². The molecule has 32 heavy (non-hydrogen) atoms. The molecule has 2 aromatic heterocycles. The number of carbonyl (C=O) groups is 1. The molecule has 0 spiro atoms. The van der Waals surface area contributed by atoms with Crippen LogP contribution in [0.1, 0.15) is 43.9 Å². The minimum Gasteiger partial charge on any atom is -0.465 e. The van der Waals surface area contributed by atoms with E-state index in [1.807, 2.05) is 30.3 Å². The third-order valence-corrected chi connectivity index (χ3v) is 6.39. The number of hydrogen-bond acceptors (Lipinski definition) is 6. The van der Waals surface area contributed by atoms with Gasteiger partial charge < -0.3 is 4.42 Å². The van der Waals surface area contributed by atoms with Gasteiger partial charge in [0.05, 0.1) is 12.0 Å². The third-order valence-electron chi connectivity index (χ3n) is 5.19. The van der Waals surface area contributed by atoms with Crippen LogP contribution in [0.3, 0.4) is 0 Å². The lowest BCUT2D eigenvalue weighted by molar-refractivity contribution is -0.118. The highest BCUT2D eigenvalue weighted by Crippen LogP contribution is 2.35. The number of nitrogens with zero attached hydrogens (tertiary/aromatic N) is 4. The maximum atomic E-state index is 12.2. The first-order valence-electron chi connectivity index (χ1n) is 10.6. The third kappa shape index (κ3) is 5.89. The molecule has 0 bridgehead atoms. The van der Waals surface area contributed by atoms with Crippen LogP contribution in [0.4, 0.5) is 0 Å². The number of amides is 1. The van der Waals surface area contributed by atoms with E-state index in [4.69, 9.17) is 16.0 Å². The van der Waals surface area contributed by atoms with Gasteiger partial charge in [-0.3, -0.25) is 9.36 Å². The first-order valence-corrected chi connectivity index (χ1v) is 11.9. The highest BCUT2D eigenvalue weighted by atomic mass is 35.5. The lowest BCUT2D eigenvalue weighted by Crippen LogP contribution is -2.20. The summed E-state index contributed by atoms with van der Waals surface area (Å²) < 4.78 is 7.38. The Morgan fingerprint density at radius 2 is 2.03 bits per heavy atom. The summed E-state index contributed by atoms with van der Waals surface area (Å²) in [7, 11) is 0. The van der Waals surface area contributed by atoms with E-state index in [2.05, 4.69) is 25.3 Å². The molecule has 1 saturated carbocycles. The van der Waals surface area contributed by atoms with Gasteiger partial charge in [0.15, 0.2) is 11.0 Å². The van der Waals surface area contributed by atoms with Gasteiger partial charge in [0.2, 0.25) is 0 Å². The van der Waals surface area contributed by atoms with Crippen LogP contribution in [-0.2, 0) is 4.79 Å². The SMILES string of the molecule is O=C(CSc1nnc(-c2ccc(Cl)cc2)n1C1CCCCC1)N/N=C/C=C/c1ccco1. The lowest BCUT2D eigenvalue weighted by atomic mass is 9.95. The molecular weight excluding hydrogens is 446 g/mol. The number of halogens is 1. The van der Waals surface area contributed by atoms with Crippen molar-refractivity contribution in [2.75, 3.05) is 5.75 Å². The Bertz CT molecular complexity index is 1070. The van der Waals surface area contributed by atoms with E-state index in [0.29, 0.717) is 11.1 Å². The number of carbonyl (C=O) groups excluding carboxylic acids is 1. The second-order valence-electron chi connectivity index (χ2n) is 7.45. The first-order chi connectivity index (χ1) is 15.7. The van der Waals surface area contributed by atoms with Crippen molar-refractivity contribution in [2.24, 2.45) is 5.10 Å². The molecule has 4 rings (SSSR count). The lowest BCUT2D eigenvalue weighted by Gasteiger charge is -2.25. The molecule has 9 heteroatoms. The molecule has 0 aliphatic heterocycles. The van der Waals surface area contributed by atoms with Gasteiger partial charge in [-0.1, -0.05) is 42.6 Å². The number of hydrazone groups is 1. The predicted octanol–water partition coefficient (Wildman–Crippen LogP) is 5.60. The number of nitrogens with one attached hydrogen (secondary N) is 1. The summed E-state index contributed by atoms with van der Waals surface area (Å²) >= 11 is 7.43. The summed E-state index contributed by atoms with van der Waals surface area (Å²) in [5, 5.41) is 14.2. The molecule has 1 N–H and O–H groups in total. The summed E-state index contributed by atoms with van der Waals surface area (Å²) in [6, 6.07) is 11.6. The highest BCUT2D eigenvalue weighted by Gasteiger charge is 2.24. The van der Waals surface area contributed by atoms with Crippen molar-refractivity contribution < 1.29 is 9.21 Å². The molecule has 0 atom stereocenters. The van der Waals surface area contributed by atoms with Crippen molar-refractivity contribution in [3.05, 3.63) is 59.5 Å². The molecular formula is C23H24ClN5O2S. The number of allylic oxidation sites excluding steroid dienone is 1. The molecule has 0 unspecified atom stereocenters. The van der Waals surface area contributed by atoms with E-state index in [1.165, 1.54) is 37.2 Å². The maximum Gasteiger partial charge on any atom is 0.250 e. The van der Waals surface area contributed by atoms with E-state index in [0.717, 1.165) is 35.1 Å². The van der Waals surface area contributed by atoms with Crippen molar-refractivity contribution in [1.29, 1.82) is 0 Å². The molecule has 7 nitrogen and oxygen atoms in total. The molecule has 166 valence electrons. The van der Waals surface area contributed by atoms with Crippen molar-refractivity contribution in [2.45, 2.75) is 43.3 Å². The monoisotopic (exact) mass is 469 g/mol. The molecule has 3 aromatic rings. The zero-order chi connectivity index (χ0) is 22.2. The normalized spacial score (nSPS) is 15.0. The summed E-state index contributed by atoms with van der Waals surface area (Å²) in [4.78, 5) is 12.2. The number of benzene rings is 1. The molecule has 1 aliphatic carbocycles. The zero-order valence-corrected chi connectivity index (χ0v) is 19.1. The molecule has 2 heterocycles. The Kier molecular flexibility index (Phi) is 7.79. The van der Waals surface area contributed by atoms with Crippen LogP contribution in [0.15, 0.2) is 63.4 Å². The fourth-order valence-corrected chi connectivity index (χ4v) is 4.60. The Balaban J connectivity index is 1.41. The molecule has 1 amide bonds. The summed E-state index contributed by atoms with van der Waals surface area (Å²) in [5.41, 5.74) is 3.50. The summed E-state index contributed by atoms with van der Waals surface area (Å²) in [6.07, 6.45) is 12.4.